The van der Waals surface area contributed by atoms with Crippen LogP contribution in [0.1, 0.15) is 45.1 Å². The average Bonchev–Trinajstić information content (AvgIpc) is 3.09. The van der Waals surface area contributed by atoms with E-state index in [0.717, 1.165) is 6.42 Å². The molecular weight excluding hydrogens is 446 g/mol. The molecule has 10 nitrogen and oxygen atoms in total. The van der Waals surface area contributed by atoms with Gasteiger partial charge in [0.2, 0.25) is 10.0 Å². The minimum atomic E-state index is -3.79. The van der Waals surface area contributed by atoms with Crippen molar-refractivity contribution in [3.05, 3.63) is 40.1 Å². The van der Waals surface area contributed by atoms with Gasteiger partial charge in [-0.1, -0.05) is 6.92 Å². The van der Waals surface area contributed by atoms with Crippen molar-refractivity contribution < 1.29 is 17.9 Å². The third kappa shape index (κ3) is 5.43. The van der Waals surface area contributed by atoms with Crippen molar-refractivity contribution in [2.45, 2.75) is 58.0 Å². The lowest BCUT2D eigenvalue weighted by atomic mass is 10.2. The minimum Gasteiger partial charge on any atom is -0.493 e. The van der Waals surface area contributed by atoms with E-state index in [9.17, 15) is 13.2 Å². The molecule has 2 N–H and O–H groups in total. The second-order valence-electron chi connectivity index (χ2n) is 7.75. The van der Waals surface area contributed by atoms with E-state index in [1.807, 2.05) is 20.8 Å². The quantitative estimate of drug-likeness (QED) is 0.434. The summed E-state index contributed by atoms with van der Waals surface area (Å²) in [5.74, 6) is 1.30. The maximum atomic E-state index is 12.9. The lowest BCUT2D eigenvalue weighted by Crippen LogP contribution is -2.27. The molecule has 0 aliphatic heterocycles. The van der Waals surface area contributed by atoms with Crippen molar-refractivity contribution in [3.63, 3.8) is 0 Å². The molecule has 180 valence electrons. The third-order valence-electron chi connectivity index (χ3n) is 5.28. The predicted octanol–water partition coefficient (Wildman–Crippen LogP) is 2.45. The van der Waals surface area contributed by atoms with Gasteiger partial charge in [-0.3, -0.25) is 4.79 Å². The number of sulfonamides is 1. The molecule has 0 amide bonds. The summed E-state index contributed by atoms with van der Waals surface area (Å²) in [6.45, 7) is 8.07. The fourth-order valence-corrected chi connectivity index (χ4v) is 4.56. The smallest absolute Gasteiger partial charge is 0.277 e. The Morgan fingerprint density at radius 3 is 2.70 bits per heavy atom. The Balaban J connectivity index is 2.09. The molecule has 1 atom stereocenters. The Morgan fingerprint density at radius 2 is 2.03 bits per heavy atom. The van der Waals surface area contributed by atoms with Crippen molar-refractivity contribution in [1.29, 1.82) is 0 Å². The van der Waals surface area contributed by atoms with Crippen molar-refractivity contribution in [2.24, 2.45) is 0 Å². The van der Waals surface area contributed by atoms with E-state index in [2.05, 4.69) is 19.8 Å². The van der Waals surface area contributed by atoms with Crippen LogP contribution in [0.2, 0.25) is 0 Å². The van der Waals surface area contributed by atoms with E-state index in [1.165, 1.54) is 16.6 Å². The van der Waals surface area contributed by atoms with Gasteiger partial charge in [0, 0.05) is 20.1 Å². The zero-order valence-corrected chi connectivity index (χ0v) is 20.5. The number of ether oxygens (including phenoxy) is 2. The number of nitrogens with one attached hydrogen (secondary N) is 2. The molecule has 33 heavy (non-hydrogen) atoms. The molecule has 0 spiro atoms. The van der Waals surface area contributed by atoms with Gasteiger partial charge in [-0.25, -0.2) is 22.6 Å². The highest BCUT2D eigenvalue weighted by atomic mass is 32.2. The van der Waals surface area contributed by atoms with Gasteiger partial charge in [0.05, 0.1) is 28.9 Å². The van der Waals surface area contributed by atoms with Crippen LogP contribution in [0.4, 0.5) is 0 Å². The van der Waals surface area contributed by atoms with Gasteiger partial charge < -0.3 is 14.5 Å². The number of hydrogen-bond donors (Lipinski definition) is 2. The number of fused-ring (bicyclic) bond motifs is 1. The fraction of sp³-hybridized carbons (Fsp3) is 0.500. The summed E-state index contributed by atoms with van der Waals surface area (Å²) in [5.41, 5.74) is 0.986. The van der Waals surface area contributed by atoms with Crippen molar-refractivity contribution in [2.75, 3.05) is 20.3 Å². The Labute approximate surface area is 193 Å². The maximum Gasteiger partial charge on any atom is 0.277 e. The molecular formula is C22H31N5O5S. The first-order valence-electron chi connectivity index (χ1n) is 11.0. The molecule has 11 heteroatoms. The number of methoxy groups -OCH3 is 1. The van der Waals surface area contributed by atoms with Crippen molar-refractivity contribution >= 4 is 15.5 Å². The van der Waals surface area contributed by atoms with Gasteiger partial charge in [-0.15, -0.1) is 5.10 Å². The van der Waals surface area contributed by atoms with E-state index in [1.54, 1.807) is 20.1 Å². The summed E-state index contributed by atoms with van der Waals surface area (Å²) in [6, 6.07) is 4.50. The molecule has 2 aromatic heterocycles. The molecule has 1 aromatic carbocycles. The second kappa shape index (κ2) is 10.4. The number of imidazole rings is 1. The van der Waals surface area contributed by atoms with Crippen LogP contribution in [-0.4, -0.2) is 54.4 Å². The first-order chi connectivity index (χ1) is 15.7. The number of nitrogens with zero attached hydrogens (tertiary/aromatic N) is 3. The SMILES string of the molecule is CCCc1nc(C)c2c(=O)[nH]c(-c3cc(S(=O)(=O)NCCC(C)OC)ccc3OCC)nn12. The van der Waals surface area contributed by atoms with Gasteiger partial charge >= 0.3 is 0 Å². The number of aromatic nitrogens is 4. The standard InChI is InChI=1S/C22H31N5O5S/c1-6-8-19-24-15(4)20-22(28)25-21(26-27(19)20)17-13-16(9-10-18(17)32-7-2)33(29,30)23-12-11-14(3)31-5/h9-10,13-14,23H,6-8,11-12H2,1-5H3,(H,25,26,28). The van der Waals surface area contributed by atoms with Gasteiger partial charge in [0.1, 0.15) is 11.6 Å². The van der Waals surface area contributed by atoms with Crippen LogP contribution in [0, 0.1) is 6.92 Å². The first kappa shape index (κ1) is 24.9. The Kier molecular flexibility index (Phi) is 7.88. The van der Waals surface area contributed by atoms with Crippen LogP contribution >= 0.6 is 0 Å². The molecule has 2 heterocycles. The Morgan fingerprint density at radius 1 is 1.27 bits per heavy atom. The highest BCUT2D eigenvalue weighted by Gasteiger charge is 2.21. The number of H-pyrrole nitrogens is 1. The molecule has 3 rings (SSSR count). The van der Waals surface area contributed by atoms with E-state index >= 15 is 0 Å². The van der Waals surface area contributed by atoms with Crippen LogP contribution in [0.5, 0.6) is 5.75 Å². The van der Waals surface area contributed by atoms with Crippen molar-refractivity contribution in [1.82, 2.24) is 24.3 Å². The van der Waals surface area contributed by atoms with Crippen LogP contribution in [0.3, 0.4) is 0 Å². The van der Waals surface area contributed by atoms with E-state index in [4.69, 9.17) is 9.47 Å². The molecule has 0 bridgehead atoms. The average molecular weight is 478 g/mol. The van der Waals surface area contributed by atoms with Gasteiger partial charge in [0.15, 0.2) is 11.3 Å². The highest BCUT2D eigenvalue weighted by molar-refractivity contribution is 7.89. The maximum absolute atomic E-state index is 12.9. The van der Waals surface area contributed by atoms with E-state index in [-0.39, 0.29) is 28.9 Å². The van der Waals surface area contributed by atoms with E-state index in [0.29, 0.717) is 47.8 Å². The largest absolute Gasteiger partial charge is 0.493 e. The summed E-state index contributed by atoms with van der Waals surface area (Å²) in [7, 11) is -2.21. The van der Waals surface area contributed by atoms with Gasteiger partial charge in [0.25, 0.3) is 5.56 Å². The summed E-state index contributed by atoms with van der Waals surface area (Å²) >= 11 is 0. The predicted molar refractivity (Wildman–Crippen MR) is 125 cm³/mol. The lowest BCUT2D eigenvalue weighted by Gasteiger charge is -2.14. The lowest BCUT2D eigenvalue weighted by molar-refractivity contribution is 0.112. The summed E-state index contributed by atoms with van der Waals surface area (Å²) < 4.78 is 40.7. The van der Waals surface area contributed by atoms with E-state index < -0.39 is 10.0 Å². The zero-order valence-electron chi connectivity index (χ0n) is 19.6. The number of hydrogen-bond acceptors (Lipinski definition) is 7. The fourth-order valence-electron chi connectivity index (χ4n) is 3.48. The number of benzene rings is 1. The van der Waals surface area contributed by atoms with Crippen LogP contribution < -0.4 is 15.0 Å². The molecule has 0 aliphatic carbocycles. The molecule has 0 saturated carbocycles. The molecule has 3 aromatic rings. The topological polar surface area (TPSA) is 128 Å². The van der Waals surface area contributed by atoms with Gasteiger partial charge in [-0.05, 0) is 51.8 Å². The molecule has 0 radical (unpaired) electrons. The number of rotatable bonds is 11. The second-order valence-corrected chi connectivity index (χ2v) is 9.52. The van der Waals surface area contributed by atoms with Crippen LogP contribution in [0.25, 0.3) is 16.9 Å². The molecule has 0 fully saturated rings. The minimum absolute atomic E-state index is 0.0457. The number of aromatic amines is 1. The highest BCUT2D eigenvalue weighted by Crippen LogP contribution is 2.30. The molecule has 1 unspecified atom stereocenters. The normalized spacial score (nSPS) is 12.9. The molecule has 0 saturated heterocycles. The Hall–Kier alpha value is -2.76. The summed E-state index contributed by atoms with van der Waals surface area (Å²) in [6.07, 6.45) is 1.96. The number of aryl methyl sites for hydroxylation is 2. The van der Waals surface area contributed by atoms with Gasteiger partial charge in [-0.2, -0.15) is 0 Å². The van der Waals surface area contributed by atoms with Crippen LogP contribution in [0.15, 0.2) is 27.9 Å². The van der Waals surface area contributed by atoms with Crippen molar-refractivity contribution in [3.8, 4) is 17.1 Å². The molecule has 0 aliphatic rings. The first-order valence-corrected chi connectivity index (χ1v) is 12.5. The Bertz CT molecular complexity index is 1280. The summed E-state index contributed by atoms with van der Waals surface area (Å²) in [4.78, 5) is 20.1. The summed E-state index contributed by atoms with van der Waals surface area (Å²) in [5, 5.41) is 4.60. The zero-order chi connectivity index (χ0) is 24.2. The third-order valence-corrected chi connectivity index (χ3v) is 6.74. The van der Waals surface area contributed by atoms with Crippen LogP contribution in [-0.2, 0) is 21.2 Å². The monoisotopic (exact) mass is 477 g/mol.